The SMILES string of the molecule is CCOC(=O)NC1=C(C(N)=NC(=O)c2ccc(N)cc2)CN(C(=O)N[C@H](CN(C)C)C2CCOCC2)C1(C)C. The van der Waals surface area contributed by atoms with E-state index in [0.717, 1.165) is 12.8 Å². The normalized spacial score (nSPS) is 18.7. The van der Waals surface area contributed by atoms with E-state index in [1.165, 1.54) is 0 Å². The van der Waals surface area contributed by atoms with E-state index < -0.39 is 17.5 Å². The van der Waals surface area contributed by atoms with Crippen molar-refractivity contribution in [2.75, 3.05) is 52.7 Å². The van der Waals surface area contributed by atoms with Crippen LogP contribution in [0.25, 0.3) is 0 Å². The highest BCUT2D eigenvalue weighted by Gasteiger charge is 2.45. The molecule has 2 heterocycles. The molecule has 0 bridgehead atoms. The van der Waals surface area contributed by atoms with Crippen molar-refractivity contribution in [2.24, 2.45) is 16.6 Å². The number of anilines is 1. The van der Waals surface area contributed by atoms with Crippen LogP contribution >= 0.6 is 0 Å². The Morgan fingerprint density at radius 3 is 2.44 bits per heavy atom. The lowest BCUT2D eigenvalue weighted by Crippen LogP contribution is -2.57. The van der Waals surface area contributed by atoms with E-state index >= 15 is 0 Å². The summed E-state index contributed by atoms with van der Waals surface area (Å²) in [5.41, 5.74) is 12.6. The molecular formula is C27H41N7O5. The Hall–Kier alpha value is -3.64. The summed E-state index contributed by atoms with van der Waals surface area (Å²) in [6.45, 7) is 7.47. The first-order valence-corrected chi connectivity index (χ1v) is 13.2. The molecule has 1 saturated heterocycles. The zero-order valence-electron chi connectivity index (χ0n) is 23.5. The highest BCUT2D eigenvalue weighted by molar-refractivity contribution is 6.10. The highest BCUT2D eigenvalue weighted by atomic mass is 16.5. The van der Waals surface area contributed by atoms with E-state index in [4.69, 9.17) is 20.9 Å². The van der Waals surface area contributed by atoms with Crippen molar-refractivity contribution in [2.45, 2.75) is 45.2 Å². The minimum absolute atomic E-state index is 0.0351. The molecule has 39 heavy (non-hydrogen) atoms. The Morgan fingerprint density at radius 1 is 1.21 bits per heavy atom. The van der Waals surface area contributed by atoms with Crippen LogP contribution in [0.2, 0.25) is 0 Å². The molecule has 1 fully saturated rings. The maximum Gasteiger partial charge on any atom is 0.411 e. The number of amidine groups is 1. The largest absolute Gasteiger partial charge is 0.450 e. The standard InChI is InChI=1S/C27H41N7O5/c1-6-39-26(37)31-22-20(23(29)32-24(35)18-7-9-19(28)10-8-18)15-34(27(22,2)3)25(36)30-21(16-33(4)5)17-11-13-38-14-12-17/h7-10,17,21H,6,11-16,28H2,1-5H3,(H,30,36)(H,31,37)(H2,29,32,35)/t21-/m1/s1. The first kappa shape index (κ1) is 29.9. The van der Waals surface area contributed by atoms with Crippen LogP contribution in [0, 0.1) is 5.92 Å². The van der Waals surface area contributed by atoms with E-state index in [9.17, 15) is 14.4 Å². The molecule has 0 aliphatic carbocycles. The molecule has 3 rings (SSSR count). The zero-order valence-corrected chi connectivity index (χ0v) is 23.5. The third-order valence-corrected chi connectivity index (χ3v) is 7.05. The molecule has 0 radical (unpaired) electrons. The molecule has 0 unspecified atom stereocenters. The first-order chi connectivity index (χ1) is 18.4. The third kappa shape index (κ3) is 7.48. The van der Waals surface area contributed by atoms with Gasteiger partial charge >= 0.3 is 12.1 Å². The predicted octanol–water partition coefficient (Wildman–Crippen LogP) is 1.93. The van der Waals surface area contributed by atoms with Gasteiger partial charge in [0, 0.05) is 42.6 Å². The number of carbonyl (C=O) groups is 3. The number of benzene rings is 1. The van der Waals surface area contributed by atoms with Gasteiger partial charge in [0.2, 0.25) is 0 Å². The van der Waals surface area contributed by atoms with Crippen LogP contribution in [0.5, 0.6) is 0 Å². The van der Waals surface area contributed by atoms with E-state index in [1.807, 2.05) is 19.0 Å². The molecule has 0 spiro atoms. The van der Waals surface area contributed by atoms with Crippen molar-refractivity contribution in [1.82, 2.24) is 20.4 Å². The Balaban J connectivity index is 1.90. The van der Waals surface area contributed by atoms with E-state index in [-0.39, 0.29) is 37.0 Å². The average Bonchev–Trinajstić information content (AvgIpc) is 3.14. The summed E-state index contributed by atoms with van der Waals surface area (Å²) in [6, 6.07) is 5.89. The van der Waals surface area contributed by atoms with Crippen molar-refractivity contribution < 1.29 is 23.9 Å². The number of aliphatic imine (C=N–C) groups is 1. The number of hydrogen-bond donors (Lipinski definition) is 4. The van der Waals surface area contributed by atoms with Gasteiger partial charge in [-0.05, 0) is 77.9 Å². The van der Waals surface area contributed by atoms with Gasteiger partial charge in [0.05, 0.1) is 24.4 Å². The summed E-state index contributed by atoms with van der Waals surface area (Å²) < 4.78 is 10.6. The number of likely N-dealkylation sites (N-methyl/N-ethyl adjacent to an activating group) is 1. The number of rotatable bonds is 8. The van der Waals surface area contributed by atoms with Crippen LogP contribution in [-0.2, 0) is 9.47 Å². The summed E-state index contributed by atoms with van der Waals surface area (Å²) in [7, 11) is 3.93. The molecular weight excluding hydrogens is 502 g/mol. The Kier molecular flexibility index (Phi) is 9.92. The summed E-state index contributed by atoms with van der Waals surface area (Å²) in [4.78, 5) is 46.7. The van der Waals surface area contributed by atoms with Crippen molar-refractivity contribution in [1.29, 1.82) is 0 Å². The fourth-order valence-electron chi connectivity index (χ4n) is 4.90. The Bertz CT molecular complexity index is 1110. The first-order valence-electron chi connectivity index (χ1n) is 13.2. The van der Waals surface area contributed by atoms with Gasteiger partial charge in [-0.2, -0.15) is 4.99 Å². The van der Waals surface area contributed by atoms with Gasteiger partial charge in [-0.3, -0.25) is 10.1 Å². The van der Waals surface area contributed by atoms with Gasteiger partial charge in [0.25, 0.3) is 5.91 Å². The molecule has 12 nitrogen and oxygen atoms in total. The maximum absolute atomic E-state index is 13.7. The van der Waals surface area contributed by atoms with Crippen LogP contribution in [0.15, 0.2) is 40.5 Å². The second kappa shape index (κ2) is 12.9. The summed E-state index contributed by atoms with van der Waals surface area (Å²) >= 11 is 0. The van der Waals surface area contributed by atoms with Crippen molar-refractivity contribution in [3.63, 3.8) is 0 Å². The zero-order chi connectivity index (χ0) is 28.7. The van der Waals surface area contributed by atoms with Crippen LogP contribution < -0.4 is 22.1 Å². The minimum Gasteiger partial charge on any atom is -0.450 e. The molecule has 12 heteroatoms. The van der Waals surface area contributed by atoms with E-state index in [2.05, 4.69) is 15.6 Å². The Morgan fingerprint density at radius 2 is 1.85 bits per heavy atom. The fourth-order valence-corrected chi connectivity index (χ4v) is 4.90. The predicted molar refractivity (Wildman–Crippen MR) is 149 cm³/mol. The second-order valence-electron chi connectivity index (χ2n) is 10.5. The molecule has 4 amide bonds. The van der Waals surface area contributed by atoms with Crippen molar-refractivity contribution >= 4 is 29.6 Å². The van der Waals surface area contributed by atoms with E-state index in [0.29, 0.717) is 42.3 Å². The minimum atomic E-state index is -0.991. The molecule has 0 aromatic heterocycles. The second-order valence-corrected chi connectivity index (χ2v) is 10.5. The molecule has 214 valence electrons. The fraction of sp³-hybridized carbons (Fsp3) is 0.556. The van der Waals surface area contributed by atoms with Crippen LogP contribution in [0.1, 0.15) is 44.0 Å². The van der Waals surface area contributed by atoms with Crippen LogP contribution in [0.3, 0.4) is 0 Å². The number of carbonyl (C=O) groups excluding carboxylic acids is 3. The molecule has 2 aliphatic heterocycles. The van der Waals surface area contributed by atoms with E-state index in [1.54, 1.807) is 49.9 Å². The highest BCUT2D eigenvalue weighted by Crippen LogP contribution is 2.33. The monoisotopic (exact) mass is 543 g/mol. The van der Waals surface area contributed by atoms with Gasteiger partial charge in [-0.1, -0.05) is 0 Å². The number of urea groups is 1. The van der Waals surface area contributed by atoms with Crippen molar-refractivity contribution in [3.8, 4) is 0 Å². The number of nitrogen functional groups attached to an aromatic ring is 1. The molecule has 2 aliphatic rings. The van der Waals surface area contributed by atoms with Gasteiger partial charge in [-0.25, -0.2) is 9.59 Å². The quantitative estimate of drug-likeness (QED) is 0.219. The van der Waals surface area contributed by atoms with Gasteiger partial charge in [0.1, 0.15) is 5.84 Å². The van der Waals surface area contributed by atoms with Gasteiger partial charge in [0.15, 0.2) is 0 Å². The van der Waals surface area contributed by atoms with Crippen LogP contribution in [-0.4, -0.2) is 92.3 Å². The molecule has 1 atom stereocenters. The number of nitrogens with one attached hydrogen (secondary N) is 2. The number of alkyl carbamates (subject to hydrolysis) is 1. The lowest BCUT2D eigenvalue weighted by atomic mass is 9.91. The summed E-state index contributed by atoms with van der Waals surface area (Å²) in [6.07, 6.45) is 1.02. The van der Waals surface area contributed by atoms with Crippen LogP contribution in [0.4, 0.5) is 15.3 Å². The Labute approximate surface area is 229 Å². The van der Waals surface area contributed by atoms with Gasteiger partial charge < -0.3 is 36.1 Å². The molecule has 1 aromatic rings. The number of hydrogen-bond acceptors (Lipinski definition) is 7. The number of nitrogens with two attached hydrogens (primary N) is 2. The number of nitrogens with zero attached hydrogens (tertiary/aromatic N) is 3. The smallest absolute Gasteiger partial charge is 0.411 e. The third-order valence-electron chi connectivity index (χ3n) is 7.05. The number of amides is 4. The van der Waals surface area contributed by atoms with Crippen molar-refractivity contribution in [3.05, 3.63) is 41.1 Å². The number of ether oxygens (including phenoxy) is 2. The summed E-state index contributed by atoms with van der Waals surface area (Å²) in [5.74, 6) is -0.396. The average molecular weight is 544 g/mol. The molecule has 0 saturated carbocycles. The van der Waals surface area contributed by atoms with Gasteiger partial charge in [-0.15, -0.1) is 0 Å². The lowest BCUT2D eigenvalue weighted by Gasteiger charge is -2.38. The summed E-state index contributed by atoms with van der Waals surface area (Å²) in [5, 5.41) is 5.94. The lowest BCUT2D eigenvalue weighted by molar-refractivity contribution is 0.0497. The molecule has 6 N–H and O–H groups in total. The molecule has 1 aromatic carbocycles. The topological polar surface area (TPSA) is 165 Å². The maximum atomic E-state index is 13.7.